The van der Waals surface area contributed by atoms with Gasteiger partial charge in [-0.15, -0.1) is 0 Å². The van der Waals surface area contributed by atoms with Crippen LogP contribution in [0.15, 0.2) is 96.6 Å². The summed E-state index contributed by atoms with van der Waals surface area (Å²) in [5, 5.41) is 11.1. The highest BCUT2D eigenvalue weighted by Gasteiger charge is 2.29. The van der Waals surface area contributed by atoms with Crippen molar-refractivity contribution in [2.75, 3.05) is 0 Å². The van der Waals surface area contributed by atoms with Crippen molar-refractivity contribution in [2.24, 2.45) is 0 Å². The molecule has 1 aliphatic rings. The number of benzene rings is 3. The Morgan fingerprint density at radius 2 is 1.53 bits per heavy atom. The van der Waals surface area contributed by atoms with Gasteiger partial charge in [0.1, 0.15) is 21.9 Å². The molecule has 6 rings (SSSR count). The Balaban J connectivity index is 1.69. The Morgan fingerprint density at radius 1 is 0.861 bits per heavy atom. The molecule has 0 amide bonds. The van der Waals surface area contributed by atoms with Crippen molar-refractivity contribution in [1.29, 1.82) is 0 Å². The first kappa shape index (κ1) is 22.3. The van der Waals surface area contributed by atoms with Gasteiger partial charge in [-0.05, 0) is 66.9 Å². The zero-order valence-corrected chi connectivity index (χ0v) is 19.4. The van der Waals surface area contributed by atoms with E-state index in [1.807, 2.05) is 24.3 Å². The van der Waals surface area contributed by atoms with Gasteiger partial charge in [0.05, 0.1) is 5.69 Å². The molecule has 2 heterocycles. The summed E-state index contributed by atoms with van der Waals surface area (Å²) in [5.41, 5.74) is 2.02. The molecule has 5 nitrogen and oxygen atoms in total. The lowest BCUT2D eigenvalue weighted by molar-refractivity contribution is 0.445. The van der Waals surface area contributed by atoms with Crippen LogP contribution in [-0.2, 0) is 12.8 Å². The van der Waals surface area contributed by atoms with Crippen molar-refractivity contribution < 1.29 is 18.3 Å². The van der Waals surface area contributed by atoms with Crippen molar-refractivity contribution >= 4 is 22.7 Å². The molecule has 0 atom stereocenters. The number of nitrogens with zero attached hydrogens (tertiary/aromatic N) is 1. The van der Waals surface area contributed by atoms with Crippen LogP contribution in [0.2, 0.25) is 0 Å². The molecule has 0 bridgehead atoms. The number of aromatic hydroxyl groups is 1. The first-order valence-corrected chi connectivity index (χ1v) is 12.0. The van der Waals surface area contributed by atoms with Crippen LogP contribution < -0.4 is 11.2 Å². The Morgan fingerprint density at radius 3 is 2.25 bits per heavy atom. The average Bonchev–Trinajstić information content (AvgIpc) is 2.88. The van der Waals surface area contributed by atoms with Gasteiger partial charge in [-0.3, -0.25) is 9.36 Å². The van der Waals surface area contributed by atoms with Crippen molar-refractivity contribution in [1.82, 2.24) is 4.57 Å². The Bertz CT molecular complexity index is 1770. The van der Waals surface area contributed by atoms with E-state index in [1.54, 1.807) is 0 Å². The lowest BCUT2D eigenvalue weighted by atomic mass is 9.87. The fraction of sp³-hybridized carbons (Fsp3) is 0.0714. The monoisotopic (exact) mass is 501 g/mol. The maximum Gasteiger partial charge on any atom is 0.354 e. The highest BCUT2D eigenvalue weighted by atomic mass is 32.2. The molecule has 0 fully saturated rings. The second-order valence-corrected chi connectivity index (χ2v) is 9.51. The second kappa shape index (κ2) is 8.49. The van der Waals surface area contributed by atoms with Crippen LogP contribution in [0.1, 0.15) is 11.1 Å². The molecular formula is C28H17F2NO4S. The lowest BCUT2D eigenvalue weighted by Gasteiger charge is -2.25. The number of aromatic nitrogens is 1. The summed E-state index contributed by atoms with van der Waals surface area (Å²) in [4.78, 5) is 27.3. The van der Waals surface area contributed by atoms with Crippen LogP contribution >= 0.6 is 11.8 Å². The number of hydrogen-bond donors (Lipinski definition) is 1. The SMILES string of the molecule is O=c1oc2c3c(n(-c4ccc(F)cc4)c(=O)c2c(O)c1Sc1ccc(F)cc1)-c1ccccc1CC3. The molecule has 36 heavy (non-hydrogen) atoms. The van der Waals surface area contributed by atoms with E-state index in [4.69, 9.17) is 4.42 Å². The van der Waals surface area contributed by atoms with Gasteiger partial charge in [0, 0.05) is 21.7 Å². The highest BCUT2D eigenvalue weighted by Crippen LogP contribution is 2.41. The molecule has 3 aromatic carbocycles. The molecule has 178 valence electrons. The van der Waals surface area contributed by atoms with Gasteiger partial charge >= 0.3 is 5.63 Å². The second-order valence-electron chi connectivity index (χ2n) is 8.43. The van der Waals surface area contributed by atoms with E-state index in [0.29, 0.717) is 34.7 Å². The molecule has 0 spiro atoms. The molecule has 0 saturated carbocycles. The van der Waals surface area contributed by atoms with Crippen molar-refractivity contribution in [2.45, 2.75) is 22.6 Å². The summed E-state index contributed by atoms with van der Waals surface area (Å²) in [6.07, 6.45) is 1.12. The summed E-state index contributed by atoms with van der Waals surface area (Å²) >= 11 is 0.882. The van der Waals surface area contributed by atoms with Gasteiger partial charge in [0.2, 0.25) is 0 Å². The number of rotatable bonds is 3. The van der Waals surface area contributed by atoms with E-state index < -0.39 is 28.6 Å². The maximum absolute atomic E-state index is 14.0. The Labute approximate surface area is 207 Å². The normalized spacial score (nSPS) is 12.4. The smallest absolute Gasteiger partial charge is 0.354 e. The Hall–Kier alpha value is -4.17. The fourth-order valence-electron chi connectivity index (χ4n) is 4.67. The van der Waals surface area contributed by atoms with Crippen LogP contribution in [0.3, 0.4) is 0 Å². The van der Waals surface area contributed by atoms with E-state index in [9.17, 15) is 23.5 Å². The van der Waals surface area contributed by atoms with Gasteiger partial charge in [-0.25, -0.2) is 13.6 Å². The maximum atomic E-state index is 14.0. The third-order valence-corrected chi connectivity index (χ3v) is 7.37. The molecule has 2 aromatic heterocycles. The minimum absolute atomic E-state index is 0.0359. The number of pyridine rings is 1. The topological polar surface area (TPSA) is 72.4 Å². The van der Waals surface area contributed by atoms with Crippen LogP contribution in [0, 0.1) is 11.6 Å². The molecule has 8 heteroatoms. The highest BCUT2D eigenvalue weighted by molar-refractivity contribution is 7.99. The first-order valence-electron chi connectivity index (χ1n) is 11.2. The molecule has 1 N–H and O–H groups in total. The van der Waals surface area contributed by atoms with Crippen LogP contribution in [0.4, 0.5) is 8.78 Å². The van der Waals surface area contributed by atoms with E-state index >= 15 is 0 Å². The predicted molar refractivity (Wildman–Crippen MR) is 133 cm³/mol. The van der Waals surface area contributed by atoms with Gasteiger partial charge in [0.25, 0.3) is 5.56 Å². The van der Waals surface area contributed by atoms with Crippen molar-refractivity contribution in [3.63, 3.8) is 0 Å². The lowest BCUT2D eigenvalue weighted by Crippen LogP contribution is -2.25. The zero-order chi connectivity index (χ0) is 25.0. The summed E-state index contributed by atoms with van der Waals surface area (Å²) in [6, 6.07) is 18.5. The first-order chi connectivity index (χ1) is 17.4. The summed E-state index contributed by atoms with van der Waals surface area (Å²) < 4.78 is 34.2. The average molecular weight is 502 g/mol. The molecule has 0 aliphatic heterocycles. The number of aryl methyl sites for hydroxylation is 2. The van der Waals surface area contributed by atoms with Crippen LogP contribution in [-0.4, -0.2) is 9.67 Å². The summed E-state index contributed by atoms with van der Waals surface area (Å²) in [7, 11) is 0. The quantitative estimate of drug-likeness (QED) is 0.336. The molecule has 0 radical (unpaired) electrons. The largest absolute Gasteiger partial charge is 0.505 e. The molecule has 0 saturated heterocycles. The summed E-state index contributed by atoms with van der Waals surface area (Å²) in [6.45, 7) is 0. The third kappa shape index (κ3) is 3.53. The molecule has 5 aromatic rings. The third-order valence-electron chi connectivity index (χ3n) is 6.29. The van der Waals surface area contributed by atoms with Gasteiger partial charge in [0.15, 0.2) is 11.3 Å². The molecule has 1 aliphatic carbocycles. The van der Waals surface area contributed by atoms with E-state index in [2.05, 4.69) is 0 Å². The minimum Gasteiger partial charge on any atom is -0.505 e. The minimum atomic E-state index is -0.797. The number of hydrogen-bond acceptors (Lipinski definition) is 5. The van der Waals surface area contributed by atoms with Crippen LogP contribution in [0.25, 0.3) is 27.9 Å². The van der Waals surface area contributed by atoms with E-state index in [0.717, 1.165) is 22.9 Å². The predicted octanol–water partition coefficient (Wildman–Crippen LogP) is 5.84. The molecule has 0 unspecified atom stereocenters. The number of halogens is 2. The fourth-order valence-corrected chi connectivity index (χ4v) is 5.50. The van der Waals surface area contributed by atoms with Crippen molar-refractivity contribution in [3.8, 4) is 22.7 Å². The van der Waals surface area contributed by atoms with Gasteiger partial charge in [-0.1, -0.05) is 36.0 Å². The van der Waals surface area contributed by atoms with E-state index in [-0.39, 0.29) is 15.9 Å². The summed E-state index contributed by atoms with van der Waals surface area (Å²) in [5.74, 6) is -1.39. The van der Waals surface area contributed by atoms with Gasteiger partial charge in [-0.2, -0.15) is 0 Å². The van der Waals surface area contributed by atoms with E-state index in [1.165, 1.54) is 53.1 Å². The zero-order valence-electron chi connectivity index (χ0n) is 18.6. The number of fused-ring (bicyclic) bond motifs is 5. The Kier molecular flexibility index (Phi) is 5.26. The van der Waals surface area contributed by atoms with Crippen LogP contribution in [0.5, 0.6) is 5.75 Å². The standard InChI is InChI=1S/C28H17F2NO4S/c29-16-6-10-18(11-7-16)31-23-20-4-2-1-3-15(20)5-14-21(23)25-22(27(31)33)24(32)26(28(34)35-25)36-19-12-8-17(30)9-13-19/h1-4,6-13,32H,5,14H2. The molecular weight excluding hydrogens is 484 g/mol. The van der Waals surface area contributed by atoms with Gasteiger partial charge < -0.3 is 9.52 Å². The van der Waals surface area contributed by atoms with Crippen molar-refractivity contribution in [3.05, 3.63) is 116 Å².